The third-order valence-electron chi connectivity index (χ3n) is 9.49. The molecule has 16 heteroatoms. The Kier molecular flexibility index (Phi) is 8.68. The number of aryl methyl sites for hydroxylation is 1. The fraction of sp³-hybridized carbons (Fsp3) is 0.469. The summed E-state index contributed by atoms with van der Waals surface area (Å²) in [7, 11) is -3.50. The summed E-state index contributed by atoms with van der Waals surface area (Å²) in [5.41, 5.74) is -0.0455. The molecule has 2 amide bonds. The maximum absolute atomic E-state index is 16.2. The number of nitro groups is 1. The van der Waals surface area contributed by atoms with Gasteiger partial charge in [-0.1, -0.05) is 24.3 Å². The van der Waals surface area contributed by atoms with E-state index in [0.29, 0.717) is 47.6 Å². The monoisotopic (exact) mass is 680 g/mol. The molecule has 0 aliphatic carbocycles. The van der Waals surface area contributed by atoms with Gasteiger partial charge in [0.1, 0.15) is 0 Å². The number of nitrogens with zero attached hydrogens (tertiary/aromatic N) is 6. The van der Waals surface area contributed by atoms with E-state index in [2.05, 4.69) is 10.3 Å². The number of carbonyl (C=O) groups is 3. The molecule has 6 rings (SSSR count). The van der Waals surface area contributed by atoms with Gasteiger partial charge >= 0.3 is 5.97 Å². The first-order valence-corrected chi connectivity index (χ1v) is 18.8. The van der Waals surface area contributed by atoms with Crippen molar-refractivity contribution >= 4 is 43.3 Å². The van der Waals surface area contributed by atoms with Gasteiger partial charge in [-0.3, -0.25) is 34.1 Å². The van der Waals surface area contributed by atoms with E-state index in [1.54, 1.807) is 55.2 Å². The fourth-order valence-electron chi connectivity index (χ4n) is 7.48. The number of non-ortho nitro benzene ring substituents is 1. The highest BCUT2D eigenvalue weighted by molar-refractivity contribution is 6.72. The van der Waals surface area contributed by atoms with Crippen molar-refractivity contribution in [1.82, 2.24) is 15.0 Å². The standard InChI is InChI=1S/C32H37FN6O8Si/c1-19-30(48(3,4)33)27(10-12-36-18-22(11-13-40)34-35-36)47-32(19)25-15-24(39(44)45)8-9-26(25)37(31(32)43)17-21-6-5-7-23(14-21)38-28(42)16-29(38)46-20(2)41/h5-9,14-15,18-19,27,29-30,40H,10-13,16-17H2,1-4H3/t19-,27+,29?,30-,32+/m0/s1. The summed E-state index contributed by atoms with van der Waals surface area (Å²) in [6.07, 6.45) is 0.997. The Hall–Kier alpha value is -4.54. The lowest BCUT2D eigenvalue weighted by Crippen LogP contribution is -2.54. The van der Waals surface area contributed by atoms with Crippen molar-refractivity contribution in [2.24, 2.45) is 5.92 Å². The van der Waals surface area contributed by atoms with E-state index in [1.165, 1.54) is 34.9 Å². The van der Waals surface area contributed by atoms with E-state index in [4.69, 9.17) is 9.47 Å². The largest absolute Gasteiger partial charge is 0.441 e. The zero-order valence-electron chi connectivity index (χ0n) is 27.0. The Morgan fingerprint density at radius 2 is 2.02 bits per heavy atom. The second-order valence-corrected chi connectivity index (χ2v) is 16.9. The molecule has 1 spiro atoms. The minimum atomic E-state index is -3.50. The number of hydrogen-bond acceptors (Lipinski definition) is 10. The van der Waals surface area contributed by atoms with Crippen molar-refractivity contribution in [2.45, 2.75) is 82.8 Å². The van der Waals surface area contributed by atoms with Gasteiger partial charge in [0.15, 0.2) is 11.8 Å². The second-order valence-electron chi connectivity index (χ2n) is 13.1. The van der Waals surface area contributed by atoms with Crippen molar-refractivity contribution < 1.29 is 38.0 Å². The van der Waals surface area contributed by atoms with Crippen molar-refractivity contribution in [3.8, 4) is 0 Å². The number of benzene rings is 2. The van der Waals surface area contributed by atoms with Crippen molar-refractivity contribution in [2.75, 3.05) is 16.4 Å². The smallest absolute Gasteiger partial charge is 0.304 e. The number of fused-ring (bicyclic) bond motifs is 2. The van der Waals surface area contributed by atoms with E-state index in [9.17, 15) is 29.6 Å². The molecule has 1 aromatic heterocycles. The van der Waals surface area contributed by atoms with Crippen LogP contribution in [0.5, 0.6) is 0 Å². The van der Waals surface area contributed by atoms with Crippen molar-refractivity contribution in [3.63, 3.8) is 0 Å². The van der Waals surface area contributed by atoms with Crippen LogP contribution in [0, 0.1) is 16.0 Å². The summed E-state index contributed by atoms with van der Waals surface area (Å²) in [4.78, 5) is 53.0. The highest BCUT2D eigenvalue weighted by atomic mass is 28.4. The molecular weight excluding hydrogens is 643 g/mol. The molecule has 2 aromatic carbocycles. The van der Waals surface area contributed by atoms with Gasteiger partial charge < -0.3 is 23.6 Å². The predicted molar refractivity (Wildman–Crippen MR) is 172 cm³/mol. The van der Waals surface area contributed by atoms with Gasteiger partial charge in [-0.15, -0.1) is 5.10 Å². The van der Waals surface area contributed by atoms with Crippen LogP contribution in [0.25, 0.3) is 0 Å². The van der Waals surface area contributed by atoms with Crippen LogP contribution in [0.1, 0.15) is 43.5 Å². The number of aliphatic hydroxyl groups is 1. The molecule has 4 heterocycles. The van der Waals surface area contributed by atoms with Gasteiger partial charge in [-0.25, -0.2) is 0 Å². The number of esters is 1. The molecule has 3 aliphatic rings. The van der Waals surface area contributed by atoms with Gasteiger partial charge in [0.25, 0.3) is 11.6 Å². The number of rotatable bonds is 11. The summed E-state index contributed by atoms with van der Waals surface area (Å²) in [6.45, 7) is 6.49. The van der Waals surface area contributed by atoms with Crippen LogP contribution in [-0.2, 0) is 49.0 Å². The van der Waals surface area contributed by atoms with Gasteiger partial charge in [0.05, 0.1) is 35.4 Å². The summed E-state index contributed by atoms with van der Waals surface area (Å²) in [6, 6.07) is 11.1. The topological polar surface area (TPSA) is 170 Å². The number of β-lactam (4-membered cyclic amide) rings is 1. The molecular formula is C32H37FN6O8Si. The van der Waals surface area contributed by atoms with Crippen molar-refractivity contribution in [3.05, 3.63) is 75.6 Å². The Morgan fingerprint density at radius 3 is 2.69 bits per heavy atom. The summed E-state index contributed by atoms with van der Waals surface area (Å²) in [5.74, 6) is -1.85. The van der Waals surface area contributed by atoms with Gasteiger partial charge in [-0.2, -0.15) is 0 Å². The SMILES string of the molecule is CC(=O)OC1CC(=O)N1c1cccc(CN2C(=O)[C@]3(O[C@H](CCn4cc(CCO)nn4)[C@@H]([Si](C)(C)F)[C@@H]3C)c3cc([N+](=O)[O-])ccc32)c1. The summed E-state index contributed by atoms with van der Waals surface area (Å²) in [5, 5.41) is 29.3. The van der Waals surface area contributed by atoms with Crippen LogP contribution in [0.2, 0.25) is 18.6 Å². The minimum Gasteiger partial charge on any atom is -0.441 e. The maximum Gasteiger partial charge on any atom is 0.304 e. The zero-order valence-corrected chi connectivity index (χ0v) is 28.0. The fourth-order valence-corrected chi connectivity index (χ4v) is 10.0. The maximum atomic E-state index is 16.2. The molecule has 1 N–H and O–H groups in total. The zero-order chi connectivity index (χ0) is 34.5. The number of ether oxygens (including phenoxy) is 2. The molecule has 0 saturated carbocycles. The van der Waals surface area contributed by atoms with Crippen LogP contribution < -0.4 is 9.80 Å². The third kappa shape index (κ3) is 5.77. The number of nitro benzene ring substituents is 1. The third-order valence-corrected chi connectivity index (χ3v) is 11.9. The number of aromatic nitrogens is 3. The Labute approximate surface area is 276 Å². The van der Waals surface area contributed by atoms with Crippen LogP contribution >= 0.6 is 0 Å². The summed E-state index contributed by atoms with van der Waals surface area (Å²) >= 11 is 0. The lowest BCUT2D eigenvalue weighted by atomic mass is 9.82. The highest BCUT2D eigenvalue weighted by Crippen LogP contribution is 2.60. The molecule has 3 aliphatic heterocycles. The molecule has 2 saturated heterocycles. The van der Waals surface area contributed by atoms with Gasteiger partial charge in [-0.05, 0) is 43.3 Å². The number of anilines is 2. The molecule has 254 valence electrons. The Bertz CT molecular complexity index is 1780. The Morgan fingerprint density at radius 1 is 1.25 bits per heavy atom. The van der Waals surface area contributed by atoms with Crippen LogP contribution in [0.4, 0.5) is 21.2 Å². The van der Waals surface area contributed by atoms with Crippen LogP contribution in [0.3, 0.4) is 0 Å². The lowest BCUT2D eigenvalue weighted by Gasteiger charge is -2.39. The quantitative estimate of drug-likeness (QED) is 0.0786. The first kappa shape index (κ1) is 33.4. The molecule has 5 atom stereocenters. The first-order valence-electron chi connectivity index (χ1n) is 15.8. The molecule has 0 radical (unpaired) electrons. The van der Waals surface area contributed by atoms with Gasteiger partial charge in [0, 0.05) is 67.5 Å². The normalized spacial score (nSPS) is 25.0. The average Bonchev–Trinajstić information content (AvgIpc) is 3.65. The van der Waals surface area contributed by atoms with E-state index in [-0.39, 0.29) is 31.2 Å². The van der Waals surface area contributed by atoms with E-state index in [0.717, 1.165) is 0 Å². The van der Waals surface area contributed by atoms with E-state index in [1.807, 2.05) is 0 Å². The van der Waals surface area contributed by atoms with Crippen LogP contribution in [-0.4, -0.2) is 70.2 Å². The number of carbonyl (C=O) groups excluding carboxylic acids is 3. The van der Waals surface area contributed by atoms with E-state index < -0.39 is 54.6 Å². The second kappa shape index (κ2) is 12.5. The highest BCUT2D eigenvalue weighted by Gasteiger charge is 2.67. The minimum absolute atomic E-state index is 0.0357. The summed E-state index contributed by atoms with van der Waals surface area (Å²) < 4.78 is 29.8. The lowest BCUT2D eigenvalue weighted by molar-refractivity contribution is -0.385. The molecule has 3 aromatic rings. The number of hydrogen-bond donors (Lipinski definition) is 1. The molecule has 2 fully saturated rings. The predicted octanol–water partition coefficient (Wildman–Crippen LogP) is 3.76. The molecule has 1 unspecified atom stereocenters. The number of halogens is 1. The molecule has 48 heavy (non-hydrogen) atoms. The first-order chi connectivity index (χ1) is 22.7. The number of amides is 2. The van der Waals surface area contributed by atoms with Crippen molar-refractivity contribution in [1.29, 1.82) is 0 Å². The average molecular weight is 681 g/mol. The van der Waals surface area contributed by atoms with E-state index >= 15 is 4.11 Å². The molecule has 14 nitrogen and oxygen atoms in total. The Balaban J connectivity index is 1.35. The number of aliphatic hydroxyl groups excluding tert-OH is 1. The van der Waals surface area contributed by atoms with Gasteiger partial charge in [0.2, 0.25) is 14.3 Å². The molecule has 0 bridgehead atoms. The van der Waals surface area contributed by atoms with Crippen LogP contribution in [0.15, 0.2) is 48.7 Å².